The number of esters is 1. The Morgan fingerprint density at radius 2 is 0.805 bits per heavy atom. The minimum absolute atomic E-state index is 0.0238. The lowest BCUT2D eigenvalue weighted by atomic mass is 10.0. The van der Waals surface area contributed by atoms with Crippen LogP contribution in [0.5, 0.6) is 0 Å². The molecule has 0 rings (SSSR count). The van der Waals surface area contributed by atoms with Gasteiger partial charge in [-0.05, 0) is 89.5 Å². The third kappa shape index (κ3) is 58.2. The molecule has 0 radical (unpaired) electrons. The van der Waals surface area contributed by atoms with E-state index < -0.39 is 26.6 Å². The molecule has 3 unspecified atom stereocenters. The summed E-state index contributed by atoms with van der Waals surface area (Å²) in [5, 5.41) is 3.03. The standard InChI is InChI=1S/C67H125N2O7P/c1-7-10-13-16-19-22-25-27-28-29-30-31-32-33-34-35-36-37-38-39-40-42-45-47-50-53-56-59-66(70)68-64(63-75-77(72,73)74-62-61-69(4,5)6)65(58-55-52-49-46-44-41-26-23-20-17-14-11-8-2)76-67(71)60-57-54-51-48-43-24-21-18-15-12-9-3/h18-19,21-22,27-28,30-31,55,58,64-65H,7-17,20,23-26,29,32-54,56-57,59-63H2,1-6H3,(H-,68,70,72,73)/b21-18-,22-19-,28-27-,31-30-,58-55+. The third-order valence-corrected chi connectivity index (χ3v) is 15.4. The second kappa shape index (κ2) is 57.0. The summed E-state index contributed by atoms with van der Waals surface area (Å²) >= 11 is 0. The average molecular weight is 1100 g/mol. The van der Waals surface area contributed by atoms with Crippen LogP contribution in [0.2, 0.25) is 0 Å². The van der Waals surface area contributed by atoms with E-state index in [0.717, 1.165) is 96.3 Å². The Morgan fingerprint density at radius 1 is 0.455 bits per heavy atom. The summed E-state index contributed by atoms with van der Waals surface area (Å²) in [6, 6.07) is -0.891. The van der Waals surface area contributed by atoms with E-state index in [1.54, 1.807) is 0 Å². The van der Waals surface area contributed by atoms with Crippen molar-refractivity contribution in [1.29, 1.82) is 0 Å². The number of unbranched alkanes of at least 4 members (excludes halogenated alkanes) is 35. The maximum atomic E-state index is 13.5. The summed E-state index contributed by atoms with van der Waals surface area (Å²) in [6.07, 6.45) is 72.0. The van der Waals surface area contributed by atoms with Gasteiger partial charge in [0.25, 0.3) is 7.82 Å². The fraction of sp³-hybridized carbons (Fsp3) is 0.821. The quantitative estimate of drug-likeness (QED) is 0.0212. The Labute approximate surface area is 477 Å². The fourth-order valence-corrected chi connectivity index (χ4v) is 10.1. The van der Waals surface area contributed by atoms with Gasteiger partial charge in [-0.25, -0.2) is 0 Å². The van der Waals surface area contributed by atoms with Gasteiger partial charge < -0.3 is 28.5 Å². The van der Waals surface area contributed by atoms with Gasteiger partial charge >= 0.3 is 5.97 Å². The molecule has 0 fully saturated rings. The van der Waals surface area contributed by atoms with E-state index in [9.17, 15) is 19.0 Å². The molecule has 0 bridgehead atoms. The maximum absolute atomic E-state index is 13.5. The van der Waals surface area contributed by atoms with Crippen LogP contribution in [-0.4, -0.2) is 69.4 Å². The van der Waals surface area contributed by atoms with E-state index in [0.29, 0.717) is 17.4 Å². The molecule has 0 aromatic rings. The number of nitrogens with zero attached hydrogens (tertiary/aromatic N) is 1. The zero-order chi connectivity index (χ0) is 56.4. The van der Waals surface area contributed by atoms with Crippen LogP contribution in [0.25, 0.3) is 0 Å². The normalized spacial score (nSPS) is 14.0. The smallest absolute Gasteiger partial charge is 0.306 e. The SMILES string of the molecule is CCCC/C=C\CCCCCCCC(=O)OC(/C=C/CCCCCCCCCCCCC)C(COP(=O)([O-])OCC[N+](C)(C)C)NC(=O)CCCCCCCCCCCCCCCC/C=C\C/C=C\C/C=C\CCCCC. The second-order valence-electron chi connectivity index (χ2n) is 23.3. The minimum atomic E-state index is -4.70. The van der Waals surface area contributed by atoms with Crippen molar-refractivity contribution >= 4 is 19.7 Å². The number of phosphoric ester groups is 1. The molecular weight excluding hydrogens is 976 g/mol. The van der Waals surface area contributed by atoms with Gasteiger partial charge in [-0.15, -0.1) is 0 Å². The molecule has 0 aliphatic carbocycles. The van der Waals surface area contributed by atoms with Crippen LogP contribution in [0.4, 0.5) is 0 Å². The Bertz CT molecular complexity index is 1500. The highest BCUT2D eigenvalue weighted by molar-refractivity contribution is 7.45. The Kier molecular flexibility index (Phi) is 55.3. The van der Waals surface area contributed by atoms with Gasteiger partial charge in [0.15, 0.2) is 0 Å². The van der Waals surface area contributed by atoms with Gasteiger partial charge in [0.1, 0.15) is 19.3 Å². The van der Waals surface area contributed by atoms with Crippen LogP contribution in [0.3, 0.4) is 0 Å². The molecule has 0 aliphatic heterocycles. The Balaban J connectivity index is 5.01. The first-order valence-electron chi connectivity index (χ1n) is 32.6. The summed E-state index contributed by atoms with van der Waals surface area (Å²) in [7, 11) is 1.18. The number of hydrogen-bond acceptors (Lipinski definition) is 7. The van der Waals surface area contributed by atoms with Gasteiger partial charge in [0.05, 0.1) is 33.8 Å². The molecule has 3 atom stereocenters. The number of phosphoric acid groups is 1. The molecule has 0 aromatic carbocycles. The number of ether oxygens (including phenoxy) is 1. The van der Waals surface area contributed by atoms with Gasteiger partial charge in [-0.3, -0.25) is 14.2 Å². The van der Waals surface area contributed by atoms with Crippen LogP contribution in [0, 0.1) is 0 Å². The van der Waals surface area contributed by atoms with Crippen molar-refractivity contribution in [1.82, 2.24) is 5.32 Å². The monoisotopic (exact) mass is 1100 g/mol. The predicted molar refractivity (Wildman–Crippen MR) is 330 cm³/mol. The van der Waals surface area contributed by atoms with Gasteiger partial charge in [-0.1, -0.05) is 262 Å². The zero-order valence-corrected chi connectivity index (χ0v) is 52.3. The molecule has 10 heteroatoms. The predicted octanol–water partition coefficient (Wildman–Crippen LogP) is 19.6. The topological polar surface area (TPSA) is 114 Å². The molecule has 0 saturated carbocycles. The summed E-state index contributed by atoms with van der Waals surface area (Å²) in [5.41, 5.74) is 0. The van der Waals surface area contributed by atoms with Crippen molar-refractivity contribution < 1.29 is 37.3 Å². The van der Waals surface area contributed by atoms with Crippen molar-refractivity contribution in [3.8, 4) is 0 Å². The second-order valence-corrected chi connectivity index (χ2v) is 24.7. The number of carbonyl (C=O) groups excluding carboxylic acids is 2. The summed E-state index contributed by atoms with van der Waals surface area (Å²) in [6.45, 7) is 6.79. The average Bonchev–Trinajstić information content (AvgIpc) is 3.39. The van der Waals surface area contributed by atoms with E-state index in [1.807, 2.05) is 33.3 Å². The van der Waals surface area contributed by atoms with E-state index >= 15 is 0 Å². The van der Waals surface area contributed by atoms with Crippen molar-refractivity contribution in [2.45, 2.75) is 315 Å². The Hall–Kier alpha value is -2.29. The first kappa shape index (κ1) is 74.7. The molecule has 0 spiro atoms. The van der Waals surface area contributed by atoms with Crippen molar-refractivity contribution in [2.24, 2.45) is 0 Å². The van der Waals surface area contributed by atoms with Crippen molar-refractivity contribution in [2.75, 3.05) is 40.9 Å². The first-order chi connectivity index (χ1) is 37.4. The van der Waals surface area contributed by atoms with Gasteiger partial charge in [0, 0.05) is 12.8 Å². The molecule has 77 heavy (non-hydrogen) atoms. The highest BCUT2D eigenvalue weighted by atomic mass is 31.2. The van der Waals surface area contributed by atoms with Crippen molar-refractivity contribution in [3.05, 3.63) is 60.8 Å². The van der Waals surface area contributed by atoms with E-state index in [1.165, 1.54) is 173 Å². The number of rotatable bonds is 59. The van der Waals surface area contributed by atoms with Gasteiger partial charge in [-0.2, -0.15) is 0 Å². The zero-order valence-electron chi connectivity index (χ0n) is 51.4. The van der Waals surface area contributed by atoms with E-state index in [-0.39, 0.29) is 24.9 Å². The number of amides is 1. The van der Waals surface area contributed by atoms with Crippen LogP contribution >= 0.6 is 7.82 Å². The van der Waals surface area contributed by atoms with Crippen LogP contribution in [-0.2, 0) is 27.9 Å². The summed E-state index contributed by atoms with van der Waals surface area (Å²) in [4.78, 5) is 40.0. The van der Waals surface area contributed by atoms with Crippen molar-refractivity contribution in [3.63, 3.8) is 0 Å². The lowest BCUT2D eigenvalue weighted by molar-refractivity contribution is -0.870. The lowest BCUT2D eigenvalue weighted by Crippen LogP contribution is -2.47. The molecule has 9 nitrogen and oxygen atoms in total. The van der Waals surface area contributed by atoms with Crippen LogP contribution in [0.15, 0.2) is 60.8 Å². The molecule has 0 heterocycles. The summed E-state index contributed by atoms with van der Waals surface area (Å²) in [5.74, 6) is -0.546. The Morgan fingerprint density at radius 3 is 1.26 bits per heavy atom. The fourth-order valence-electron chi connectivity index (χ4n) is 9.33. The third-order valence-electron chi connectivity index (χ3n) is 14.4. The highest BCUT2D eigenvalue weighted by Gasteiger charge is 2.27. The van der Waals surface area contributed by atoms with E-state index in [4.69, 9.17) is 13.8 Å². The molecule has 0 aromatic heterocycles. The molecular formula is C67H125N2O7P. The maximum Gasteiger partial charge on any atom is 0.306 e. The van der Waals surface area contributed by atoms with Gasteiger partial charge in [0.2, 0.25) is 5.91 Å². The molecule has 0 aliphatic rings. The number of hydrogen-bond donors (Lipinski definition) is 1. The molecule has 1 amide bonds. The highest BCUT2D eigenvalue weighted by Crippen LogP contribution is 2.38. The lowest BCUT2D eigenvalue weighted by Gasteiger charge is -2.30. The molecule has 0 saturated heterocycles. The van der Waals surface area contributed by atoms with Crippen LogP contribution < -0.4 is 10.2 Å². The minimum Gasteiger partial charge on any atom is -0.756 e. The first-order valence-corrected chi connectivity index (χ1v) is 34.1. The number of allylic oxidation sites excluding steroid dienone is 9. The number of nitrogens with one attached hydrogen (secondary N) is 1. The van der Waals surface area contributed by atoms with E-state index in [2.05, 4.69) is 74.7 Å². The molecule has 450 valence electrons. The molecule has 1 N–H and O–H groups in total. The summed E-state index contributed by atoms with van der Waals surface area (Å²) < 4.78 is 30.3. The number of carbonyl (C=O) groups is 2. The number of likely N-dealkylation sites (N-methyl/N-ethyl adjacent to an activating group) is 1. The largest absolute Gasteiger partial charge is 0.756 e. The van der Waals surface area contributed by atoms with Crippen LogP contribution in [0.1, 0.15) is 303 Å². The number of quaternary nitrogens is 1.